The number of hydrogen-bond acceptors (Lipinski definition) is 3. The van der Waals surface area contributed by atoms with Crippen molar-refractivity contribution >= 4 is 23.2 Å². The minimum absolute atomic E-state index is 0.0563. The van der Waals surface area contributed by atoms with Gasteiger partial charge in [0.15, 0.2) is 0 Å². The topological polar surface area (TPSA) is 49.4 Å². The molecule has 1 N–H and O–H groups in total. The number of nitrogens with one attached hydrogen (secondary N) is 1. The summed E-state index contributed by atoms with van der Waals surface area (Å²) in [7, 11) is 0. The Balaban J connectivity index is 1.68. The number of benzene rings is 1. The van der Waals surface area contributed by atoms with Crippen molar-refractivity contribution in [3.63, 3.8) is 0 Å². The van der Waals surface area contributed by atoms with E-state index in [0.717, 1.165) is 18.4 Å². The first-order chi connectivity index (χ1) is 11.6. The minimum atomic E-state index is -0.597. The molecule has 1 aliphatic rings. The van der Waals surface area contributed by atoms with Crippen molar-refractivity contribution in [2.45, 2.75) is 31.8 Å². The van der Waals surface area contributed by atoms with Crippen LogP contribution in [0.2, 0.25) is 0 Å². The van der Waals surface area contributed by atoms with Crippen molar-refractivity contribution < 1.29 is 14.0 Å². The summed E-state index contributed by atoms with van der Waals surface area (Å²) in [6.45, 7) is 2.36. The number of nitrogens with zero attached hydrogens (tertiary/aromatic N) is 1. The maximum Gasteiger partial charge on any atom is 0.261 e. The van der Waals surface area contributed by atoms with Crippen molar-refractivity contribution in [2.24, 2.45) is 0 Å². The van der Waals surface area contributed by atoms with Crippen LogP contribution in [0.25, 0.3) is 0 Å². The standard InChI is InChI=1S/C18H19FN2O2S/c1-12(20-17(22)16-5-3-11-24-16)18(23)21-10-2-4-15(21)13-6-8-14(19)9-7-13/h3,5-9,11-12,15H,2,4,10H2,1H3,(H,20,22). The highest BCUT2D eigenvalue weighted by atomic mass is 32.1. The van der Waals surface area contributed by atoms with Crippen molar-refractivity contribution in [3.05, 3.63) is 58.0 Å². The summed E-state index contributed by atoms with van der Waals surface area (Å²) < 4.78 is 13.1. The molecule has 1 aliphatic heterocycles. The van der Waals surface area contributed by atoms with Crippen LogP contribution in [0.3, 0.4) is 0 Å². The number of hydrogen-bond donors (Lipinski definition) is 1. The lowest BCUT2D eigenvalue weighted by Gasteiger charge is -2.28. The van der Waals surface area contributed by atoms with E-state index < -0.39 is 6.04 Å². The fourth-order valence-electron chi connectivity index (χ4n) is 3.05. The van der Waals surface area contributed by atoms with Gasteiger partial charge >= 0.3 is 0 Å². The van der Waals surface area contributed by atoms with E-state index in [4.69, 9.17) is 0 Å². The zero-order valence-corrected chi connectivity index (χ0v) is 14.2. The van der Waals surface area contributed by atoms with Gasteiger partial charge in [-0.25, -0.2) is 4.39 Å². The van der Waals surface area contributed by atoms with Crippen LogP contribution in [0, 0.1) is 5.82 Å². The van der Waals surface area contributed by atoms with Gasteiger partial charge in [-0.2, -0.15) is 0 Å². The lowest BCUT2D eigenvalue weighted by Crippen LogP contribution is -2.46. The van der Waals surface area contributed by atoms with Crippen LogP contribution in [-0.4, -0.2) is 29.3 Å². The number of carbonyl (C=O) groups is 2. The molecule has 2 heterocycles. The van der Waals surface area contributed by atoms with Crippen LogP contribution in [-0.2, 0) is 4.79 Å². The summed E-state index contributed by atoms with van der Waals surface area (Å²) >= 11 is 1.34. The molecule has 2 amide bonds. The SMILES string of the molecule is CC(NC(=O)c1cccs1)C(=O)N1CCCC1c1ccc(F)cc1. The third-order valence-electron chi connectivity index (χ3n) is 4.25. The van der Waals surface area contributed by atoms with E-state index in [1.165, 1.54) is 23.5 Å². The lowest BCUT2D eigenvalue weighted by atomic mass is 10.0. The van der Waals surface area contributed by atoms with Gasteiger partial charge in [-0.1, -0.05) is 18.2 Å². The number of rotatable bonds is 4. The first-order valence-electron chi connectivity index (χ1n) is 7.96. The minimum Gasteiger partial charge on any atom is -0.340 e. The summed E-state index contributed by atoms with van der Waals surface area (Å²) in [6.07, 6.45) is 1.75. The molecular formula is C18H19FN2O2S. The van der Waals surface area contributed by atoms with Crippen molar-refractivity contribution in [1.82, 2.24) is 10.2 Å². The molecule has 0 bridgehead atoms. The lowest BCUT2D eigenvalue weighted by molar-refractivity contribution is -0.133. The number of thiophene rings is 1. The molecule has 24 heavy (non-hydrogen) atoms. The second-order valence-corrected chi connectivity index (χ2v) is 6.86. The van der Waals surface area contributed by atoms with E-state index in [1.807, 2.05) is 5.38 Å². The number of amides is 2. The molecule has 6 heteroatoms. The molecule has 1 saturated heterocycles. The number of halogens is 1. The van der Waals surface area contributed by atoms with Crippen LogP contribution in [0.15, 0.2) is 41.8 Å². The Bertz CT molecular complexity index is 715. The van der Waals surface area contributed by atoms with Gasteiger partial charge in [-0.3, -0.25) is 9.59 Å². The summed E-state index contributed by atoms with van der Waals surface area (Å²) in [6, 6.07) is 9.16. The highest BCUT2D eigenvalue weighted by molar-refractivity contribution is 7.12. The zero-order chi connectivity index (χ0) is 17.1. The molecule has 2 unspecified atom stereocenters. The quantitative estimate of drug-likeness (QED) is 0.923. The van der Waals surface area contributed by atoms with Crippen molar-refractivity contribution in [3.8, 4) is 0 Å². The van der Waals surface area contributed by atoms with E-state index >= 15 is 0 Å². The van der Waals surface area contributed by atoms with Gasteiger partial charge in [0, 0.05) is 6.54 Å². The second-order valence-electron chi connectivity index (χ2n) is 5.91. The molecule has 1 aromatic heterocycles. The molecule has 126 valence electrons. The Morgan fingerprint density at radius 2 is 2.04 bits per heavy atom. The smallest absolute Gasteiger partial charge is 0.261 e. The Hall–Kier alpha value is -2.21. The molecule has 3 rings (SSSR count). The molecule has 2 atom stereocenters. The second kappa shape index (κ2) is 7.13. The predicted molar refractivity (Wildman–Crippen MR) is 91.3 cm³/mol. The predicted octanol–water partition coefficient (Wildman–Crippen LogP) is 3.37. The van der Waals surface area contributed by atoms with Crippen LogP contribution in [0.4, 0.5) is 4.39 Å². The fourth-order valence-corrected chi connectivity index (χ4v) is 3.67. The highest BCUT2D eigenvalue weighted by Gasteiger charge is 2.33. The monoisotopic (exact) mass is 346 g/mol. The van der Waals surface area contributed by atoms with Crippen molar-refractivity contribution in [2.75, 3.05) is 6.54 Å². The van der Waals surface area contributed by atoms with E-state index in [-0.39, 0.29) is 23.7 Å². The Morgan fingerprint density at radius 3 is 2.71 bits per heavy atom. The summed E-state index contributed by atoms with van der Waals surface area (Å²) in [5.41, 5.74) is 0.930. The highest BCUT2D eigenvalue weighted by Crippen LogP contribution is 2.32. The Kier molecular flexibility index (Phi) is 4.94. The average molecular weight is 346 g/mol. The van der Waals surface area contributed by atoms with E-state index in [2.05, 4.69) is 5.32 Å². The number of carbonyl (C=O) groups excluding carboxylic acids is 2. The van der Waals surface area contributed by atoms with Gasteiger partial charge < -0.3 is 10.2 Å². The zero-order valence-electron chi connectivity index (χ0n) is 13.4. The average Bonchev–Trinajstić information content (AvgIpc) is 3.26. The molecule has 0 spiro atoms. The molecule has 0 radical (unpaired) electrons. The van der Waals surface area contributed by atoms with E-state index in [9.17, 15) is 14.0 Å². The molecule has 0 aliphatic carbocycles. The third-order valence-corrected chi connectivity index (χ3v) is 5.12. The normalized spacial score (nSPS) is 18.4. The Labute approximate surface area is 144 Å². The van der Waals surface area contributed by atoms with Crippen molar-refractivity contribution in [1.29, 1.82) is 0 Å². The van der Waals surface area contributed by atoms with Gasteiger partial charge in [0.2, 0.25) is 5.91 Å². The largest absolute Gasteiger partial charge is 0.340 e. The molecule has 4 nitrogen and oxygen atoms in total. The first-order valence-corrected chi connectivity index (χ1v) is 8.84. The summed E-state index contributed by atoms with van der Waals surface area (Å²) in [4.78, 5) is 27.2. The van der Waals surface area contributed by atoms with Crippen LogP contribution in [0.5, 0.6) is 0 Å². The van der Waals surface area contributed by atoms with Gasteiger partial charge in [0.1, 0.15) is 11.9 Å². The van der Waals surface area contributed by atoms with Crippen LogP contribution in [0.1, 0.15) is 41.0 Å². The summed E-state index contributed by atoms with van der Waals surface area (Å²) in [5.74, 6) is -0.624. The van der Waals surface area contributed by atoms with Gasteiger partial charge in [-0.05, 0) is 48.9 Å². The fraction of sp³-hybridized carbons (Fsp3) is 0.333. The summed E-state index contributed by atoms with van der Waals surface area (Å²) in [5, 5.41) is 4.59. The first kappa shape index (κ1) is 16.6. The third kappa shape index (κ3) is 3.48. The van der Waals surface area contributed by atoms with Gasteiger partial charge in [-0.15, -0.1) is 11.3 Å². The van der Waals surface area contributed by atoms with E-state index in [1.54, 1.807) is 36.1 Å². The van der Waals surface area contributed by atoms with E-state index in [0.29, 0.717) is 11.4 Å². The molecule has 1 fully saturated rings. The maximum atomic E-state index is 13.1. The Morgan fingerprint density at radius 1 is 1.29 bits per heavy atom. The van der Waals surface area contributed by atoms with Crippen LogP contribution >= 0.6 is 11.3 Å². The van der Waals surface area contributed by atoms with Crippen LogP contribution < -0.4 is 5.32 Å². The molecule has 2 aromatic rings. The molecule has 1 aromatic carbocycles. The number of likely N-dealkylation sites (tertiary alicyclic amines) is 1. The molecular weight excluding hydrogens is 327 g/mol. The maximum absolute atomic E-state index is 13.1. The van der Waals surface area contributed by atoms with Gasteiger partial charge in [0.25, 0.3) is 5.91 Å². The van der Waals surface area contributed by atoms with Gasteiger partial charge in [0.05, 0.1) is 10.9 Å². The molecule has 0 saturated carbocycles.